The van der Waals surface area contributed by atoms with Crippen molar-refractivity contribution in [3.63, 3.8) is 0 Å². The number of esters is 2. The number of piperidine rings is 1. The third-order valence-electron chi connectivity index (χ3n) is 5.96. The molecule has 8 heteroatoms. The number of ether oxygens (including phenoxy) is 3. The van der Waals surface area contributed by atoms with Crippen LogP contribution in [0.5, 0.6) is 0 Å². The van der Waals surface area contributed by atoms with Gasteiger partial charge in [0.25, 0.3) is 0 Å². The first kappa shape index (κ1) is 27.6. The molecule has 1 heterocycles. The van der Waals surface area contributed by atoms with E-state index in [0.717, 1.165) is 5.56 Å². The van der Waals surface area contributed by atoms with Gasteiger partial charge in [0.2, 0.25) is 0 Å². The number of benzene rings is 1. The van der Waals surface area contributed by atoms with E-state index in [9.17, 15) is 14.4 Å². The smallest absolute Gasteiger partial charge is 0.410 e. The lowest BCUT2D eigenvalue weighted by Gasteiger charge is -2.41. The molecule has 1 aromatic rings. The molecule has 1 saturated heterocycles. The maximum Gasteiger partial charge on any atom is 0.410 e. The summed E-state index contributed by atoms with van der Waals surface area (Å²) in [5, 5.41) is 3.27. The fourth-order valence-corrected chi connectivity index (χ4v) is 4.18. The average Bonchev–Trinajstić information content (AvgIpc) is 2.79. The Kier molecular flexibility index (Phi) is 9.91. The van der Waals surface area contributed by atoms with Gasteiger partial charge in [0.15, 0.2) is 0 Å². The third kappa shape index (κ3) is 8.01. The monoisotopic (exact) mass is 476 g/mol. The van der Waals surface area contributed by atoms with Crippen molar-refractivity contribution in [1.29, 1.82) is 0 Å². The summed E-state index contributed by atoms with van der Waals surface area (Å²) in [7, 11) is 1.36. The van der Waals surface area contributed by atoms with Crippen molar-refractivity contribution in [3.8, 4) is 0 Å². The quantitative estimate of drug-likeness (QED) is 0.426. The van der Waals surface area contributed by atoms with Gasteiger partial charge in [0.1, 0.15) is 18.2 Å². The standard InChI is InChI=1S/C26H40N2O6/c1-19(2)21(22(29)33-17-20-11-8-7-9-12-20)27-15-14-26(23(30)32-6)13-10-16-28(18-26)24(31)34-25(3,4)5/h7-9,11-12,19,21,27H,10,13-18H2,1-6H3/t21-,26?/m0/s1. The molecule has 0 aliphatic carbocycles. The van der Waals surface area contributed by atoms with Crippen molar-refractivity contribution >= 4 is 18.0 Å². The summed E-state index contributed by atoms with van der Waals surface area (Å²) >= 11 is 0. The summed E-state index contributed by atoms with van der Waals surface area (Å²) in [6, 6.07) is 9.02. The van der Waals surface area contributed by atoms with E-state index in [2.05, 4.69) is 5.32 Å². The van der Waals surface area contributed by atoms with Crippen LogP contribution in [0.15, 0.2) is 30.3 Å². The number of likely N-dealkylation sites (tertiary alicyclic amines) is 1. The Morgan fingerprint density at radius 3 is 2.41 bits per heavy atom. The van der Waals surface area contributed by atoms with Crippen LogP contribution in [0.1, 0.15) is 59.4 Å². The number of carbonyl (C=O) groups excluding carboxylic acids is 3. The number of carbonyl (C=O) groups is 3. The number of rotatable bonds is 9. The molecule has 2 atom stereocenters. The van der Waals surface area contributed by atoms with E-state index in [1.54, 1.807) is 4.90 Å². The minimum absolute atomic E-state index is 0.00182. The zero-order valence-corrected chi connectivity index (χ0v) is 21.4. The summed E-state index contributed by atoms with van der Waals surface area (Å²) < 4.78 is 16.2. The van der Waals surface area contributed by atoms with Crippen molar-refractivity contribution in [1.82, 2.24) is 10.2 Å². The number of nitrogens with zero attached hydrogens (tertiary/aromatic N) is 1. The zero-order chi connectivity index (χ0) is 25.4. The molecule has 1 N–H and O–H groups in total. The third-order valence-corrected chi connectivity index (χ3v) is 5.96. The highest BCUT2D eigenvalue weighted by Crippen LogP contribution is 2.35. The highest BCUT2D eigenvalue weighted by atomic mass is 16.6. The molecule has 0 spiro atoms. The second-order valence-corrected chi connectivity index (χ2v) is 10.3. The van der Waals surface area contributed by atoms with Crippen LogP contribution in [-0.2, 0) is 30.4 Å². The number of nitrogens with one attached hydrogen (secondary N) is 1. The van der Waals surface area contributed by atoms with Crippen LogP contribution < -0.4 is 5.32 Å². The molecule has 1 aliphatic heterocycles. The SMILES string of the molecule is COC(=O)C1(CCN[C@H](C(=O)OCc2ccccc2)C(C)C)CCCN(C(=O)OC(C)(C)C)C1. The van der Waals surface area contributed by atoms with E-state index in [1.807, 2.05) is 65.0 Å². The molecule has 1 amide bonds. The second kappa shape index (κ2) is 12.2. The second-order valence-electron chi connectivity index (χ2n) is 10.3. The van der Waals surface area contributed by atoms with Crippen molar-refractivity contribution in [2.75, 3.05) is 26.7 Å². The summed E-state index contributed by atoms with van der Waals surface area (Å²) in [5.74, 6) is -0.678. The molecule has 8 nitrogen and oxygen atoms in total. The van der Waals surface area contributed by atoms with E-state index in [4.69, 9.17) is 14.2 Å². The van der Waals surface area contributed by atoms with Crippen molar-refractivity contribution < 1.29 is 28.6 Å². The van der Waals surface area contributed by atoms with Crippen LogP contribution in [0.3, 0.4) is 0 Å². The predicted octanol–water partition coefficient (Wildman–Crippen LogP) is 3.92. The van der Waals surface area contributed by atoms with Gasteiger partial charge < -0.3 is 24.4 Å². The summed E-state index contributed by atoms with van der Waals surface area (Å²) in [6.45, 7) is 10.7. The first-order valence-electron chi connectivity index (χ1n) is 12.0. The van der Waals surface area contributed by atoms with Gasteiger partial charge in [-0.3, -0.25) is 9.59 Å². The minimum atomic E-state index is -0.855. The zero-order valence-electron chi connectivity index (χ0n) is 21.4. The van der Waals surface area contributed by atoms with Crippen molar-refractivity contribution in [2.45, 2.75) is 72.1 Å². The highest BCUT2D eigenvalue weighted by Gasteiger charge is 2.45. The Labute approximate surface area is 203 Å². The Morgan fingerprint density at radius 1 is 1.15 bits per heavy atom. The molecule has 1 unspecified atom stereocenters. The topological polar surface area (TPSA) is 94.2 Å². The van der Waals surface area contributed by atoms with Crippen molar-refractivity contribution in [2.24, 2.45) is 11.3 Å². The first-order valence-corrected chi connectivity index (χ1v) is 12.0. The van der Waals surface area contributed by atoms with E-state index < -0.39 is 23.2 Å². The fraction of sp³-hybridized carbons (Fsp3) is 0.654. The fourth-order valence-electron chi connectivity index (χ4n) is 4.18. The first-order chi connectivity index (χ1) is 16.0. The van der Waals surface area contributed by atoms with Gasteiger partial charge in [-0.25, -0.2) is 4.79 Å². The van der Waals surface area contributed by atoms with E-state index in [0.29, 0.717) is 32.4 Å². The number of methoxy groups -OCH3 is 1. The normalized spacial score (nSPS) is 19.4. The van der Waals surface area contributed by atoms with Gasteiger partial charge in [-0.15, -0.1) is 0 Å². The summed E-state index contributed by atoms with van der Waals surface area (Å²) in [5.41, 5.74) is -0.548. The van der Waals surface area contributed by atoms with E-state index in [-0.39, 0.29) is 31.0 Å². The Morgan fingerprint density at radius 2 is 1.82 bits per heavy atom. The van der Waals surface area contributed by atoms with Gasteiger partial charge in [0, 0.05) is 13.1 Å². The Balaban J connectivity index is 2.01. The van der Waals surface area contributed by atoms with Crippen LogP contribution >= 0.6 is 0 Å². The number of hydrogen-bond acceptors (Lipinski definition) is 7. The van der Waals surface area contributed by atoms with Crippen LogP contribution in [0.25, 0.3) is 0 Å². The molecule has 0 bridgehead atoms. The van der Waals surface area contributed by atoms with Crippen LogP contribution in [0.4, 0.5) is 4.79 Å². The van der Waals surface area contributed by atoms with Crippen LogP contribution in [0.2, 0.25) is 0 Å². The molecule has 190 valence electrons. The van der Waals surface area contributed by atoms with Gasteiger partial charge >= 0.3 is 18.0 Å². The van der Waals surface area contributed by atoms with Gasteiger partial charge in [-0.2, -0.15) is 0 Å². The van der Waals surface area contributed by atoms with E-state index in [1.165, 1.54) is 7.11 Å². The van der Waals surface area contributed by atoms with Crippen LogP contribution in [-0.4, -0.2) is 61.3 Å². The molecule has 0 aromatic heterocycles. The lowest BCUT2D eigenvalue weighted by atomic mass is 9.77. The van der Waals surface area contributed by atoms with Crippen molar-refractivity contribution in [3.05, 3.63) is 35.9 Å². The largest absolute Gasteiger partial charge is 0.469 e. The Hall–Kier alpha value is -2.61. The molecule has 2 rings (SSSR count). The minimum Gasteiger partial charge on any atom is -0.469 e. The lowest BCUT2D eigenvalue weighted by Crippen LogP contribution is -2.53. The Bertz CT molecular complexity index is 820. The predicted molar refractivity (Wildman–Crippen MR) is 129 cm³/mol. The summed E-state index contributed by atoms with van der Waals surface area (Å²) in [4.78, 5) is 39.8. The molecular weight excluding hydrogens is 436 g/mol. The highest BCUT2D eigenvalue weighted by molar-refractivity contribution is 5.79. The maximum atomic E-state index is 12.8. The average molecular weight is 477 g/mol. The van der Waals surface area contributed by atoms with Gasteiger partial charge in [-0.05, 0) is 58.1 Å². The molecular formula is C26H40N2O6. The van der Waals surface area contributed by atoms with E-state index >= 15 is 0 Å². The lowest BCUT2D eigenvalue weighted by molar-refractivity contribution is -0.156. The van der Waals surface area contributed by atoms with Gasteiger partial charge in [0.05, 0.1) is 12.5 Å². The summed E-state index contributed by atoms with van der Waals surface area (Å²) in [6.07, 6.45) is 1.26. The van der Waals surface area contributed by atoms with Crippen LogP contribution in [0, 0.1) is 11.3 Å². The molecule has 1 aromatic carbocycles. The molecule has 0 radical (unpaired) electrons. The molecule has 1 aliphatic rings. The maximum absolute atomic E-state index is 12.8. The number of amides is 1. The molecule has 1 fully saturated rings. The van der Waals surface area contributed by atoms with Gasteiger partial charge in [-0.1, -0.05) is 44.2 Å². The number of hydrogen-bond donors (Lipinski definition) is 1. The molecule has 0 saturated carbocycles. The molecule has 34 heavy (non-hydrogen) atoms.